The predicted octanol–water partition coefficient (Wildman–Crippen LogP) is -5.61. The summed E-state index contributed by atoms with van der Waals surface area (Å²) in [5.41, 5.74) is 0. The third-order valence-corrected chi connectivity index (χ3v) is 0. The Balaban J connectivity index is -0.0000000150. The maximum atomic E-state index is 7.17. The summed E-state index contributed by atoms with van der Waals surface area (Å²) in [6.07, 6.45) is 0. The summed E-state index contributed by atoms with van der Waals surface area (Å²) >= 11 is 0. The molecule has 0 amide bonds. The number of rotatable bonds is 0. The Labute approximate surface area is 77.4 Å². The van der Waals surface area contributed by atoms with Gasteiger partial charge >= 0.3 is 45.1 Å². The SMILES string of the molecule is OB(O)O.[Ca+2].[Cl-].[OH-]. The van der Waals surface area contributed by atoms with Crippen molar-refractivity contribution in [2.75, 3.05) is 0 Å². The molecular weight excluding hydrogens is 150 g/mol. The van der Waals surface area contributed by atoms with Gasteiger partial charge in [0.2, 0.25) is 0 Å². The number of hydrogen-bond donors (Lipinski definition) is 3. The van der Waals surface area contributed by atoms with Gasteiger partial charge in [0.05, 0.1) is 0 Å². The summed E-state index contributed by atoms with van der Waals surface area (Å²) in [5, 5.41) is 21.5. The molecule has 7 heteroatoms. The Kier molecular flexibility index (Phi) is 52.9. The van der Waals surface area contributed by atoms with Gasteiger partial charge in [-0.1, -0.05) is 0 Å². The quantitative estimate of drug-likeness (QED) is 0.304. The van der Waals surface area contributed by atoms with Crippen LogP contribution in [0.2, 0.25) is 0 Å². The van der Waals surface area contributed by atoms with Crippen LogP contribution >= 0.6 is 0 Å². The van der Waals surface area contributed by atoms with E-state index < -0.39 is 7.32 Å². The molecule has 0 unspecified atom stereocenters. The predicted molar refractivity (Wildman–Crippen MR) is 20.1 cm³/mol. The molecule has 0 aromatic rings. The first-order valence-corrected chi connectivity index (χ1v) is 0.775. The van der Waals surface area contributed by atoms with Crippen LogP contribution < -0.4 is 12.4 Å². The molecular formula is H4BCaClO4. The molecule has 0 radical (unpaired) electrons. The molecule has 0 saturated carbocycles. The molecule has 0 spiro atoms. The van der Waals surface area contributed by atoms with Gasteiger partial charge in [-0.25, -0.2) is 0 Å². The van der Waals surface area contributed by atoms with E-state index in [-0.39, 0.29) is 55.6 Å². The Morgan fingerprint density at radius 2 is 1.00 bits per heavy atom. The van der Waals surface area contributed by atoms with E-state index in [1.807, 2.05) is 0 Å². The van der Waals surface area contributed by atoms with E-state index in [9.17, 15) is 0 Å². The van der Waals surface area contributed by atoms with Crippen molar-refractivity contribution >= 4 is 45.1 Å². The fraction of sp³-hybridized carbons (Fsp3) is 0. The van der Waals surface area contributed by atoms with Gasteiger partial charge in [-0.3, -0.25) is 0 Å². The minimum absolute atomic E-state index is 0. The Bertz CT molecular complexity index is 16.4. The van der Waals surface area contributed by atoms with Crippen molar-refractivity contribution < 1.29 is 33.0 Å². The van der Waals surface area contributed by atoms with Crippen molar-refractivity contribution in [3.05, 3.63) is 0 Å². The molecule has 0 rings (SSSR count). The largest absolute Gasteiger partial charge is 2.00 e. The van der Waals surface area contributed by atoms with Gasteiger partial charge < -0.3 is 33.0 Å². The Morgan fingerprint density at radius 3 is 1.00 bits per heavy atom. The van der Waals surface area contributed by atoms with E-state index in [2.05, 4.69) is 0 Å². The third-order valence-electron chi connectivity index (χ3n) is 0. The molecule has 0 aliphatic rings. The molecule has 7 heavy (non-hydrogen) atoms. The van der Waals surface area contributed by atoms with Crippen LogP contribution in [0, 0.1) is 0 Å². The van der Waals surface area contributed by atoms with Crippen LogP contribution in [0.5, 0.6) is 0 Å². The van der Waals surface area contributed by atoms with Crippen LogP contribution in [-0.4, -0.2) is 65.6 Å². The van der Waals surface area contributed by atoms with Gasteiger partial charge in [-0.15, -0.1) is 0 Å². The molecule has 0 aliphatic carbocycles. The second kappa shape index (κ2) is 15.7. The molecule has 0 aromatic carbocycles. The van der Waals surface area contributed by atoms with E-state index >= 15 is 0 Å². The summed E-state index contributed by atoms with van der Waals surface area (Å²) < 4.78 is 0. The van der Waals surface area contributed by atoms with Crippen molar-refractivity contribution in [3.63, 3.8) is 0 Å². The fourth-order valence-electron chi connectivity index (χ4n) is 0. The summed E-state index contributed by atoms with van der Waals surface area (Å²) in [7, 11) is -2.17. The Morgan fingerprint density at radius 1 is 1.00 bits per heavy atom. The van der Waals surface area contributed by atoms with Crippen LogP contribution in [0.25, 0.3) is 0 Å². The molecule has 4 N–H and O–H groups in total. The molecule has 0 heterocycles. The van der Waals surface area contributed by atoms with Crippen LogP contribution in [0.15, 0.2) is 0 Å². The first-order valence-electron chi connectivity index (χ1n) is 0.775. The monoisotopic (exact) mass is 154 g/mol. The zero-order valence-corrected chi connectivity index (χ0v) is 6.42. The second-order valence-corrected chi connectivity index (χ2v) is 0.346. The molecule has 0 fully saturated rings. The molecule has 0 atom stereocenters. The zero-order chi connectivity index (χ0) is 3.58. The van der Waals surface area contributed by atoms with Gasteiger partial charge in [0.15, 0.2) is 0 Å². The van der Waals surface area contributed by atoms with Crippen molar-refractivity contribution in [2.45, 2.75) is 0 Å². The fourth-order valence-corrected chi connectivity index (χ4v) is 0. The summed E-state index contributed by atoms with van der Waals surface area (Å²) in [6, 6.07) is 0. The molecule has 0 bridgehead atoms. The maximum Gasteiger partial charge on any atom is 2.00 e. The summed E-state index contributed by atoms with van der Waals surface area (Å²) in [6.45, 7) is 0. The molecule has 0 aliphatic heterocycles. The van der Waals surface area contributed by atoms with Crippen molar-refractivity contribution in [2.24, 2.45) is 0 Å². The number of halogens is 1. The first kappa shape index (κ1) is 23.7. The first-order chi connectivity index (χ1) is 1.73. The average Bonchev–Trinajstić information content (AvgIpc) is 0.811. The van der Waals surface area contributed by atoms with Crippen LogP contribution in [0.3, 0.4) is 0 Å². The normalized spacial score (nSPS) is 3.86. The minimum atomic E-state index is -2.17. The third kappa shape index (κ3) is 105. The summed E-state index contributed by atoms with van der Waals surface area (Å²) in [4.78, 5) is 0. The zero-order valence-electron chi connectivity index (χ0n) is 3.45. The molecule has 0 saturated heterocycles. The van der Waals surface area contributed by atoms with Crippen LogP contribution in [-0.2, 0) is 0 Å². The van der Waals surface area contributed by atoms with Gasteiger partial charge in [0, 0.05) is 0 Å². The van der Waals surface area contributed by atoms with Gasteiger partial charge in [-0.05, 0) is 0 Å². The second-order valence-electron chi connectivity index (χ2n) is 0.346. The summed E-state index contributed by atoms with van der Waals surface area (Å²) in [5.74, 6) is 0. The minimum Gasteiger partial charge on any atom is -1.00 e. The van der Waals surface area contributed by atoms with E-state index in [0.717, 1.165) is 0 Å². The molecule has 40 valence electrons. The van der Waals surface area contributed by atoms with Crippen LogP contribution in [0.4, 0.5) is 0 Å². The van der Waals surface area contributed by atoms with Crippen molar-refractivity contribution in [1.82, 2.24) is 0 Å². The maximum absolute atomic E-state index is 7.17. The number of hydrogen-bond acceptors (Lipinski definition) is 4. The van der Waals surface area contributed by atoms with Gasteiger partial charge in [-0.2, -0.15) is 0 Å². The van der Waals surface area contributed by atoms with Crippen molar-refractivity contribution in [1.29, 1.82) is 0 Å². The van der Waals surface area contributed by atoms with Gasteiger partial charge in [0.25, 0.3) is 0 Å². The van der Waals surface area contributed by atoms with E-state index in [4.69, 9.17) is 15.1 Å². The average molecular weight is 154 g/mol. The molecule has 4 nitrogen and oxygen atoms in total. The van der Waals surface area contributed by atoms with Gasteiger partial charge in [0.1, 0.15) is 0 Å². The van der Waals surface area contributed by atoms with E-state index in [0.29, 0.717) is 0 Å². The topological polar surface area (TPSA) is 90.7 Å². The van der Waals surface area contributed by atoms with Crippen molar-refractivity contribution in [3.8, 4) is 0 Å². The van der Waals surface area contributed by atoms with Crippen LogP contribution in [0.1, 0.15) is 0 Å². The standard InChI is InChI=1S/BH3O3.Ca.ClH.H2O/c2-1(3)4;;;/h2-4H;;1H;1H2/q;+2;;/p-2. The Hall–Kier alpha value is 1.45. The van der Waals surface area contributed by atoms with E-state index in [1.165, 1.54) is 0 Å². The van der Waals surface area contributed by atoms with E-state index in [1.54, 1.807) is 0 Å². The smallest absolute Gasteiger partial charge is 1.00 e. The molecule has 0 aromatic heterocycles.